The summed E-state index contributed by atoms with van der Waals surface area (Å²) in [6.07, 6.45) is 0. The maximum absolute atomic E-state index is 12.0. The first-order valence-corrected chi connectivity index (χ1v) is 7.37. The molecule has 0 fully saturated rings. The first-order chi connectivity index (χ1) is 9.51. The molecule has 0 amide bonds. The van der Waals surface area contributed by atoms with Crippen molar-refractivity contribution in [1.29, 1.82) is 5.26 Å². The monoisotopic (exact) mass is 287 g/mol. The Morgan fingerprint density at radius 2 is 1.65 bits per heavy atom. The average Bonchev–Trinajstić information content (AvgIpc) is 2.46. The van der Waals surface area contributed by atoms with E-state index in [9.17, 15) is 8.42 Å². The summed E-state index contributed by atoms with van der Waals surface area (Å²) in [5, 5.41) is 8.68. The number of hydrogen-bond donors (Lipinski definition) is 0. The molecule has 2 rings (SSSR count). The Morgan fingerprint density at radius 1 is 1.05 bits per heavy atom. The van der Waals surface area contributed by atoms with Crippen molar-refractivity contribution in [3.05, 3.63) is 65.2 Å². The van der Waals surface area contributed by atoms with Gasteiger partial charge in [0.2, 0.25) is 0 Å². The summed E-state index contributed by atoms with van der Waals surface area (Å²) in [6.45, 7) is 1.83. The van der Waals surface area contributed by atoms with Gasteiger partial charge in [0.15, 0.2) is 0 Å². The number of hydrogen-bond acceptors (Lipinski definition) is 4. The van der Waals surface area contributed by atoms with Crippen LogP contribution in [0.15, 0.2) is 53.4 Å². The van der Waals surface area contributed by atoms with Gasteiger partial charge < -0.3 is 0 Å². The fraction of sp³-hybridized carbons (Fsp3) is 0.133. The quantitative estimate of drug-likeness (QED) is 0.811. The van der Waals surface area contributed by atoms with Gasteiger partial charge in [-0.05, 0) is 36.8 Å². The third kappa shape index (κ3) is 3.44. The van der Waals surface area contributed by atoms with Crippen molar-refractivity contribution in [1.82, 2.24) is 0 Å². The molecule has 0 radical (unpaired) electrons. The smallest absolute Gasteiger partial charge is 0.262 e. The zero-order valence-corrected chi connectivity index (χ0v) is 11.7. The van der Waals surface area contributed by atoms with Crippen LogP contribution in [0.4, 0.5) is 0 Å². The largest absolute Gasteiger partial charge is 0.297 e. The van der Waals surface area contributed by atoms with Crippen LogP contribution in [-0.4, -0.2) is 8.42 Å². The second-order valence-electron chi connectivity index (χ2n) is 4.34. The number of aryl methyl sites for hydroxylation is 1. The van der Waals surface area contributed by atoms with E-state index >= 15 is 0 Å². The molecular weight excluding hydrogens is 274 g/mol. The van der Waals surface area contributed by atoms with E-state index in [1.807, 2.05) is 13.0 Å². The molecule has 2 aromatic rings. The molecular formula is C15H13NO3S. The first kappa shape index (κ1) is 14.3. The fourth-order valence-corrected chi connectivity index (χ4v) is 2.49. The van der Waals surface area contributed by atoms with E-state index in [1.54, 1.807) is 36.4 Å². The lowest BCUT2D eigenvalue weighted by Gasteiger charge is -2.06. The summed E-state index contributed by atoms with van der Waals surface area (Å²) in [5.74, 6) is 0. The van der Waals surface area contributed by atoms with Crippen LogP contribution in [0.1, 0.15) is 16.7 Å². The van der Waals surface area contributed by atoms with Crippen molar-refractivity contribution in [3.63, 3.8) is 0 Å². The van der Waals surface area contributed by atoms with Crippen LogP contribution >= 0.6 is 0 Å². The Hall–Kier alpha value is -2.16. The minimum absolute atomic E-state index is 0.0537. The van der Waals surface area contributed by atoms with Gasteiger partial charge in [-0.2, -0.15) is 13.7 Å². The molecule has 0 aliphatic rings. The van der Waals surface area contributed by atoms with Gasteiger partial charge in [0.1, 0.15) is 0 Å². The van der Waals surface area contributed by atoms with E-state index in [1.165, 1.54) is 12.1 Å². The maximum atomic E-state index is 12.0. The summed E-state index contributed by atoms with van der Waals surface area (Å²) in [4.78, 5) is 0.136. The third-order valence-corrected chi connectivity index (χ3v) is 4.05. The van der Waals surface area contributed by atoms with E-state index < -0.39 is 10.1 Å². The molecule has 0 aliphatic carbocycles. The summed E-state index contributed by atoms with van der Waals surface area (Å²) in [5.41, 5.74) is 2.20. The van der Waals surface area contributed by atoms with Crippen molar-refractivity contribution >= 4 is 10.1 Å². The molecule has 20 heavy (non-hydrogen) atoms. The van der Waals surface area contributed by atoms with Gasteiger partial charge in [0, 0.05) is 0 Å². The van der Waals surface area contributed by atoms with E-state index in [0.29, 0.717) is 11.1 Å². The number of nitriles is 1. The van der Waals surface area contributed by atoms with Crippen LogP contribution in [0, 0.1) is 18.3 Å². The predicted octanol–water partition coefficient (Wildman–Crippen LogP) is 2.77. The Morgan fingerprint density at radius 3 is 2.20 bits per heavy atom. The summed E-state index contributed by atoms with van der Waals surface area (Å²) < 4.78 is 28.9. The average molecular weight is 287 g/mol. The second-order valence-corrected chi connectivity index (χ2v) is 5.95. The Bertz CT molecular complexity index is 726. The lowest BCUT2D eigenvalue weighted by Crippen LogP contribution is -2.06. The molecule has 0 aromatic heterocycles. The summed E-state index contributed by atoms with van der Waals surface area (Å²) in [7, 11) is -3.76. The third-order valence-electron chi connectivity index (χ3n) is 2.77. The van der Waals surface area contributed by atoms with Crippen molar-refractivity contribution in [2.75, 3.05) is 0 Å². The molecule has 0 atom stereocenters. The van der Waals surface area contributed by atoms with Crippen LogP contribution in [0.2, 0.25) is 0 Å². The molecule has 0 saturated carbocycles. The zero-order chi connectivity index (χ0) is 14.6. The molecule has 0 N–H and O–H groups in total. The summed E-state index contributed by atoms with van der Waals surface area (Å²) >= 11 is 0. The van der Waals surface area contributed by atoms with E-state index in [0.717, 1.165) is 5.56 Å². The molecule has 0 bridgehead atoms. The van der Waals surface area contributed by atoms with Gasteiger partial charge in [-0.15, -0.1) is 0 Å². The van der Waals surface area contributed by atoms with Crippen LogP contribution in [0.5, 0.6) is 0 Å². The van der Waals surface area contributed by atoms with Gasteiger partial charge in [-0.3, -0.25) is 4.18 Å². The van der Waals surface area contributed by atoms with E-state index in [2.05, 4.69) is 0 Å². The second kappa shape index (κ2) is 5.87. The highest BCUT2D eigenvalue weighted by molar-refractivity contribution is 7.86. The Kier molecular flexibility index (Phi) is 4.18. The molecule has 0 unspecified atom stereocenters. The minimum Gasteiger partial charge on any atom is -0.262 e. The topological polar surface area (TPSA) is 67.2 Å². The molecule has 2 aromatic carbocycles. The van der Waals surface area contributed by atoms with Crippen LogP contribution in [-0.2, 0) is 20.9 Å². The number of benzene rings is 2. The van der Waals surface area contributed by atoms with Gasteiger partial charge in [-0.1, -0.05) is 29.8 Å². The molecule has 4 nitrogen and oxygen atoms in total. The highest BCUT2D eigenvalue weighted by Crippen LogP contribution is 2.15. The highest BCUT2D eigenvalue weighted by Gasteiger charge is 2.14. The number of rotatable bonds is 4. The fourth-order valence-electron chi connectivity index (χ4n) is 1.59. The standard InChI is InChI=1S/C15H13NO3S/c1-12-2-8-15(9-3-12)20(17,18)19-11-14-6-4-13(10-16)5-7-14/h2-9H,11H2,1H3. The van der Waals surface area contributed by atoms with Crippen LogP contribution < -0.4 is 0 Å². The molecule has 0 spiro atoms. The lowest BCUT2D eigenvalue weighted by molar-refractivity contribution is 0.308. The Balaban J connectivity index is 2.09. The Labute approximate surface area is 118 Å². The minimum atomic E-state index is -3.76. The first-order valence-electron chi connectivity index (χ1n) is 5.96. The predicted molar refractivity (Wildman–Crippen MR) is 74.3 cm³/mol. The zero-order valence-electron chi connectivity index (χ0n) is 10.9. The molecule has 102 valence electrons. The maximum Gasteiger partial charge on any atom is 0.297 e. The molecule has 0 heterocycles. The SMILES string of the molecule is Cc1ccc(S(=O)(=O)OCc2ccc(C#N)cc2)cc1. The van der Waals surface area contributed by atoms with Crippen molar-refractivity contribution in [2.45, 2.75) is 18.4 Å². The van der Waals surface area contributed by atoms with Crippen molar-refractivity contribution < 1.29 is 12.6 Å². The highest BCUT2D eigenvalue weighted by atomic mass is 32.2. The molecule has 5 heteroatoms. The molecule has 0 aliphatic heterocycles. The molecule has 0 saturated heterocycles. The van der Waals surface area contributed by atoms with Gasteiger partial charge in [0.25, 0.3) is 10.1 Å². The van der Waals surface area contributed by atoms with E-state index in [4.69, 9.17) is 9.44 Å². The van der Waals surface area contributed by atoms with Gasteiger partial charge in [-0.25, -0.2) is 0 Å². The van der Waals surface area contributed by atoms with E-state index in [-0.39, 0.29) is 11.5 Å². The lowest BCUT2D eigenvalue weighted by atomic mass is 10.2. The summed E-state index contributed by atoms with van der Waals surface area (Å²) in [6, 6.07) is 15.1. The number of nitrogens with zero attached hydrogens (tertiary/aromatic N) is 1. The van der Waals surface area contributed by atoms with Gasteiger partial charge >= 0.3 is 0 Å². The van der Waals surface area contributed by atoms with Crippen molar-refractivity contribution in [2.24, 2.45) is 0 Å². The van der Waals surface area contributed by atoms with Crippen molar-refractivity contribution in [3.8, 4) is 6.07 Å². The normalized spacial score (nSPS) is 11.0. The van der Waals surface area contributed by atoms with Crippen LogP contribution in [0.25, 0.3) is 0 Å². The van der Waals surface area contributed by atoms with Crippen LogP contribution in [0.3, 0.4) is 0 Å². The van der Waals surface area contributed by atoms with Gasteiger partial charge in [0.05, 0.1) is 23.1 Å².